The van der Waals surface area contributed by atoms with E-state index in [4.69, 9.17) is 16.3 Å². The first-order chi connectivity index (χ1) is 17.3. The van der Waals surface area contributed by atoms with Crippen LogP contribution in [0.3, 0.4) is 0 Å². The quantitative estimate of drug-likeness (QED) is 0.423. The molecule has 36 heavy (non-hydrogen) atoms. The fourth-order valence-corrected chi connectivity index (χ4v) is 5.17. The summed E-state index contributed by atoms with van der Waals surface area (Å²) in [5.41, 5.74) is 1.26. The molecule has 6 rings (SSSR count). The van der Waals surface area contributed by atoms with Crippen molar-refractivity contribution >= 4 is 33.8 Å². The summed E-state index contributed by atoms with van der Waals surface area (Å²) in [5, 5.41) is 25.6. The van der Waals surface area contributed by atoms with E-state index in [0.717, 1.165) is 16.3 Å². The van der Waals surface area contributed by atoms with Gasteiger partial charge < -0.3 is 14.7 Å². The van der Waals surface area contributed by atoms with Gasteiger partial charge in [0, 0.05) is 47.0 Å². The van der Waals surface area contributed by atoms with Gasteiger partial charge in [0.05, 0.1) is 24.0 Å². The Hall–Kier alpha value is -3.39. The summed E-state index contributed by atoms with van der Waals surface area (Å²) in [4.78, 5) is 10.9. The van der Waals surface area contributed by atoms with Crippen LogP contribution in [0, 0.1) is 18.3 Å². The Morgan fingerprint density at radius 1 is 1.22 bits per heavy atom. The Morgan fingerprint density at radius 3 is 2.69 bits per heavy atom. The molecule has 1 saturated carbocycles. The van der Waals surface area contributed by atoms with Gasteiger partial charge in [0.15, 0.2) is 5.65 Å². The van der Waals surface area contributed by atoms with Gasteiger partial charge in [-0.25, -0.2) is 13.8 Å². The fourth-order valence-electron chi connectivity index (χ4n) is 4.99. The summed E-state index contributed by atoms with van der Waals surface area (Å²) in [6.45, 7) is 2.80. The molecule has 11 heteroatoms. The number of hydrogen-bond acceptors (Lipinski definition) is 7. The highest BCUT2D eigenvalue weighted by Crippen LogP contribution is 2.41. The molecule has 3 aromatic heterocycles. The predicted octanol–water partition coefficient (Wildman–Crippen LogP) is 4.44. The molecule has 1 aromatic carbocycles. The number of pyridine rings is 1. The largest absolute Gasteiger partial charge is 0.393 e. The Labute approximate surface area is 209 Å². The second-order valence-electron chi connectivity index (χ2n) is 9.27. The number of nitriles is 1. The van der Waals surface area contributed by atoms with E-state index >= 15 is 0 Å². The molecule has 1 aliphatic heterocycles. The van der Waals surface area contributed by atoms with Gasteiger partial charge in [0.1, 0.15) is 23.1 Å². The van der Waals surface area contributed by atoms with E-state index in [-0.39, 0.29) is 29.5 Å². The summed E-state index contributed by atoms with van der Waals surface area (Å²) in [7, 11) is 0. The SMILES string of the molecule is Cc1nc2c(C#N)c(C(F)F)nn2c(N2CC(OC3CC(O)C3)C2)c1-c1cncc2cc(Cl)ccc12. The van der Waals surface area contributed by atoms with Gasteiger partial charge in [-0.2, -0.15) is 14.9 Å². The Morgan fingerprint density at radius 2 is 2.00 bits per heavy atom. The zero-order valence-corrected chi connectivity index (χ0v) is 20.0. The third-order valence-electron chi connectivity index (χ3n) is 6.86. The number of hydrogen-bond donors (Lipinski definition) is 1. The van der Waals surface area contributed by atoms with E-state index in [1.165, 1.54) is 4.52 Å². The highest BCUT2D eigenvalue weighted by Gasteiger charge is 2.38. The summed E-state index contributed by atoms with van der Waals surface area (Å²) >= 11 is 6.20. The van der Waals surface area contributed by atoms with Crippen LogP contribution >= 0.6 is 11.6 Å². The Kier molecular flexibility index (Phi) is 5.52. The van der Waals surface area contributed by atoms with E-state index in [1.54, 1.807) is 25.4 Å². The monoisotopic (exact) mass is 510 g/mol. The zero-order valence-electron chi connectivity index (χ0n) is 19.2. The average molecular weight is 511 g/mol. The summed E-state index contributed by atoms with van der Waals surface area (Å²) in [6.07, 6.45) is 1.39. The number of fused-ring (bicyclic) bond motifs is 2. The third kappa shape index (κ3) is 3.66. The molecule has 0 unspecified atom stereocenters. The first-order valence-electron chi connectivity index (χ1n) is 11.6. The smallest absolute Gasteiger partial charge is 0.283 e. The van der Waals surface area contributed by atoms with Crippen LogP contribution in [0.5, 0.6) is 0 Å². The topological polar surface area (TPSA) is 99.6 Å². The Balaban J connectivity index is 1.52. The van der Waals surface area contributed by atoms with E-state index in [0.29, 0.717) is 48.0 Å². The average Bonchev–Trinajstić information content (AvgIpc) is 3.17. The van der Waals surface area contributed by atoms with E-state index in [2.05, 4.69) is 15.1 Å². The van der Waals surface area contributed by atoms with Crippen molar-refractivity contribution in [2.24, 2.45) is 0 Å². The van der Waals surface area contributed by atoms with Gasteiger partial charge in [-0.3, -0.25) is 4.98 Å². The van der Waals surface area contributed by atoms with Crippen LogP contribution in [0.25, 0.3) is 27.5 Å². The number of aryl methyl sites for hydroxylation is 1. The second kappa shape index (κ2) is 8.62. The molecule has 2 aliphatic rings. The summed E-state index contributed by atoms with van der Waals surface area (Å²) in [5.74, 6) is 0.554. The minimum atomic E-state index is -2.92. The highest BCUT2D eigenvalue weighted by molar-refractivity contribution is 6.31. The maximum absolute atomic E-state index is 13.8. The maximum Gasteiger partial charge on any atom is 0.283 e. The Bertz CT molecular complexity index is 1540. The molecular weight excluding hydrogens is 490 g/mol. The van der Waals surface area contributed by atoms with Crippen molar-refractivity contribution < 1.29 is 18.6 Å². The van der Waals surface area contributed by atoms with Crippen LogP contribution in [0.2, 0.25) is 5.02 Å². The second-order valence-corrected chi connectivity index (χ2v) is 9.70. The van der Waals surface area contributed by atoms with Gasteiger partial charge >= 0.3 is 0 Å². The molecule has 4 aromatic rings. The normalized spacial score (nSPS) is 20.1. The number of anilines is 1. The minimum absolute atomic E-state index is 0.0261. The number of halogens is 3. The van der Waals surface area contributed by atoms with Gasteiger partial charge in [0.2, 0.25) is 0 Å². The van der Waals surface area contributed by atoms with Gasteiger partial charge in [-0.15, -0.1) is 0 Å². The lowest BCUT2D eigenvalue weighted by Crippen LogP contribution is -2.56. The van der Waals surface area contributed by atoms with Crippen molar-refractivity contribution in [1.29, 1.82) is 5.26 Å². The molecular formula is C25H21ClF2N6O2. The number of aliphatic hydroxyl groups excluding tert-OH is 1. The van der Waals surface area contributed by atoms with Crippen LogP contribution in [-0.4, -0.2) is 56.1 Å². The van der Waals surface area contributed by atoms with Gasteiger partial charge in [-0.05, 0) is 37.3 Å². The molecule has 0 amide bonds. The number of rotatable bonds is 5. The first-order valence-corrected chi connectivity index (χ1v) is 12.0. The lowest BCUT2D eigenvalue weighted by Gasteiger charge is -2.45. The van der Waals surface area contributed by atoms with Crippen molar-refractivity contribution in [3.05, 3.63) is 52.6 Å². The van der Waals surface area contributed by atoms with E-state index in [9.17, 15) is 19.1 Å². The molecule has 1 saturated heterocycles. The summed E-state index contributed by atoms with van der Waals surface area (Å²) < 4.78 is 35.0. The lowest BCUT2D eigenvalue weighted by molar-refractivity contribution is -0.110. The van der Waals surface area contributed by atoms with Crippen LogP contribution in [0.1, 0.15) is 36.2 Å². The first kappa shape index (κ1) is 23.0. The molecule has 8 nitrogen and oxygen atoms in total. The van der Waals surface area contributed by atoms with Crippen LogP contribution < -0.4 is 4.90 Å². The van der Waals surface area contributed by atoms with Gasteiger partial charge in [-0.1, -0.05) is 17.7 Å². The van der Waals surface area contributed by atoms with Crippen LogP contribution in [0.15, 0.2) is 30.6 Å². The lowest BCUT2D eigenvalue weighted by atomic mass is 9.92. The molecule has 0 atom stereocenters. The van der Waals surface area contributed by atoms with Crippen molar-refractivity contribution in [2.75, 3.05) is 18.0 Å². The minimum Gasteiger partial charge on any atom is -0.393 e. The molecule has 184 valence electrons. The van der Waals surface area contributed by atoms with Crippen molar-refractivity contribution in [3.8, 4) is 17.2 Å². The number of nitrogens with zero attached hydrogens (tertiary/aromatic N) is 6. The zero-order chi connectivity index (χ0) is 25.1. The summed E-state index contributed by atoms with van der Waals surface area (Å²) in [6, 6.07) is 7.34. The maximum atomic E-state index is 13.8. The molecule has 0 bridgehead atoms. The van der Waals surface area contributed by atoms with Crippen molar-refractivity contribution in [1.82, 2.24) is 19.6 Å². The van der Waals surface area contributed by atoms with Crippen LogP contribution in [-0.2, 0) is 4.74 Å². The standard InChI is InChI=1S/C25H21ClF2N6O2/c1-12-21(20-9-30-8-13-4-14(26)2-3-18(13)20)25(33-10-17(11-33)36-16-5-15(35)6-16)34-24(31-12)19(7-29)22(32-34)23(27)28/h2-4,8-9,15-17,23,35H,5-6,10-11H2,1H3. The number of benzene rings is 1. The number of ether oxygens (including phenoxy) is 1. The third-order valence-corrected chi connectivity index (χ3v) is 7.09. The van der Waals surface area contributed by atoms with E-state index < -0.39 is 12.1 Å². The number of aliphatic hydroxyl groups is 1. The molecule has 0 spiro atoms. The molecule has 1 aliphatic carbocycles. The van der Waals surface area contributed by atoms with E-state index in [1.807, 2.05) is 23.1 Å². The molecule has 2 fully saturated rings. The predicted molar refractivity (Wildman–Crippen MR) is 129 cm³/mol. The molecule has 4 heterocycles. The van der Waals surface area contributed by atoms with Crippen molar-refractivity contribution in [2.45, 2.75) is 44.5 Å². The highest BCUT2D eigenvalue weighted by atomic mass is 35.5. The van der Waals surface area contributed by atoms with Crippen molar-refractivity contribution in [3.63, 3.8) is 0 Å². The van der Waals surface area contributed by atoms with Crippen LogP contribution in [0.4, 0.5) is 14.6 Å². The molecule has 1 N–H and O–H groups in total. The number of aromatic nitrogens is 4. The van der Waals surface area contributed by atoms with Gasteiger partial charge in [0.25, 0.3) is 6.43 Å². The molecule has 0 radical (unpaired) electrons. The number of alkyl halides is 2. The fraction of sp³-hybridized carbons (Fsp3) is 0.360.